The third-order valence-electron chi connectivity index (χ3n) is 2.72. The summed E-state index contributed by atoms with van der Waals surface area (Å²) in [5.74, 6) is -0.855. The first-order valence-electron chi connectivity index (χ1n) is 6.89. The number of hydrogen-bond donors (Lipinski definition) is 4. The van der Waals surface area contributed by atoms with Crippen LogP contribution in [0.25, 0.3) is 0 Å². The molecule has 1 heterocycles. The minimum absolute atomic E-state index is 0.0913. The Bertz CT molecular complexity index is 744. The first kappa shape index (κ1) is 16.7. The summed E-state index contributed by atoms with van der Waals surface area (Å²) in [6.07, 6.45) is 1.58. The monoisotopic (exact) mass is 328 g/mol. The summed E-state index contributed by atoms with van der Waals surface area (Å²) in [4.78, 5) is 31.5. The van der Waals surface area contributed by atoms with Gasteiger partial charge >= 0.3 is 5.97 Å². The molecule has 2 rings (SSSR count). The second kappa shape index (κ2) is 8.13. The van der Waals surface area contributed by atoms with E-state index in [4.69, 9.17) is 16.2 Å². The molecule has 0 aliphatic heterocycles. The van der Waals surface area contributed by atoms with Crippen LogP contribution in [0.5, 0.6) is 5.75 Å². The maximum Gasteiger partial charge on any atom is 0.333 e. The largest absolute Gasteiger partial charge is 0.424 e. The zero-order valence-corrected chi connectivity index (χ0v) is 12.6. The first-order chi connectivity index (χ1) is 11.6. The number of nitrogens with one attached hydrogen (secondary N) is 2. The Morgan fingerprint density at radius 1 is 1.12 bits per heavy atom. The number of anilines is 1. The Hall–Kier alpha value is -3.62. The third-order valence-corrected chi connectivity index (χ3v) is 2.72. The van der Waals surface area contributed by atoms with Gasteiger partial charge in [0, 0.05) is 6.20 Å². The van der Waals surface area contributed by atoms with Crippen LogP contribution in [-0.2, 0) is 4.79 Å². The van der Waals surface area contributed by atoms with Gasteiger partial charge in [0.2, 0.25) is 0 Å². The number of carbonyl (C=O) groups is 2. The summed E-state index contributed by atoms with van der Waals surface area (Å²) in [5, 5.41) is 0. The number of para-hydroxylation sites is 1. The summed E-state index contributed by atoms with van der Waals surface area (Å²) < 4.78 is 5.11. The number of hydrogen-bond acceptors (Lipinski definition) is 6. The van der Waals surface area contributed by atoms with Crippen LogP contribution in [0.2, 0.25) is 0 Å². The van der Waals surface area contributed by atoms with Gasteiger partial charge in [-0.15, -0.1) is 0 Å². The first-order valence-corrected chi connectivity index (χ1v) is 6.89. The zero-order chi connectivity index (χ0) is 17.4. The minimum atomic E-state index is -0.693. The number of aliphatic imine (C=N–C) groups is 1. The van der Waals surface area contributed by atoms with Gasteiger partial charge in [-0.3, -0.25) is 15.6 Å². The maximum absolute atomic E-state index is 12.2. The minimum Gasteiger partial charge on any atom is -0.424 e. The molecule has 9 nitrogen and oxygen atoms in total. The molecule has 1 amide bonds. The van der Waals surface area contributed by atoms with E-state index in [2.05, 4.69) is 20.8 Å². The molecule has 0 aliphatic rings. The van der Waals surface area contributed by atoms with E-state index in [1.54, 1.807) is 36.5 Å². The van der Waals surface area contributed by atoms with Crippen molar-refractivity contribution < 1.29 is 14.3 Å². The number of guanidine groups is 1. The van der Waals surface area contributed by atoms with Gasteiger partial charge in [0.25, 0.3) is 5.91 Å². The van der Waals surface area contributed by atoms with Crippen LogP contribution < -0.4 is 27.1 Å². The fourth-order valence-corrected chi connectivity index (χ4v) is 1.68. The molecule has 9 heteroatoms. The molecule has 2 aromatic rings. The highest BCUT2D eigenvalue weighted by atomic mass is 16.5. The SMILES string of the molecule is NC(N)=NCC(=O)Oc1ccccc1C(=O)NNc1ccccn1. The number of rotatable bonds is 6. The molecular weight excluding hydrogens is 312 g/mol. The quantitative estimate of drug-likeness (QED) is 0.192. The molecule has 0 saturated heterocycles. The molecule has 0 saturated carbocycles. The van der Waals surface area contributed by atoms with Gasteiger partial charge in [0.15, 0.2) is 5.96 Å². The highest BCUT2D eigenvalue weighted by Gasteiger charge is 2.14. The number of hydrazine groups is 1. The van der Waals surface area contributed by atoms with Crippen molar-refractivity contribution in [3.8, 4) is 5.75 Å². The van der Waals surface area contributed by atoms with Gasteiger partial charge in [-0.1, -0.05) is 18.2 Å². The average Bonchev–Trinajstić information content (AvgIpc) is 2.59. The zero-order valence-electron chi connectivity index (χ0n) is 12.6. The molecule has 6 N–H and O–H groups in total. The number of nitrogens with two attached hydrogens (primary N) is 2. The molecule has 0 spiro atoms. The standard InChI is InChI=1S/C15H16N6O3/c16-15(17)19-9-13(22)24-11-6-2-1-5-10(11)14(23)21-20-12-7-3-4-8-18-12/h1-8H,9H2,(H,18,20)(H,21,23)(H4,16,17,19). The van der Waals surface area contributed by atoms with Crippen molar-refractivity contribution in [2.24, 2.45) is 16.5 Å². The summed E-state index contributed by atoms with van der Waals surface area (Å²) in [6, 6.07) is 11.5. The lowest BCUT2D eigenvalue weighted by Gasteiger charge is -2.11. The van der Waals surface area contributed by atoms with E-state index < -0.39 is 11.9 Å². The van der Waals surface area contributed by atoms with Crippen LogP contribution in [0.1, 0.15) is 10.4 Å². The van der Waals surface area contributed by atoms with E-state index in [1.807, 2.05) is 0 Å². The second-order valence-corrected chi connectivity index (χ2v) is 4.51. The van der Waals surface area contributed by atoms with Crippen LogP contribution >= 0.6 is 0 Å². The summed E-state index contributed by atoms with van der Waals surface area (Å²) in [7, 11) is 0. The number of ether oxygens (including phenoxy) is 1. The highest BCUT2D eigenvalue weighted by Crippen LogP contribution is 2.18. The normalized spacial score (nSPS) is 9.67. The number of amides is 1. The van der Waals surface area contributed by atoms with Gasteiger partial charge in [-0.05, 0) is 24.3 Å². The average molecular weight is 328 g/mol. The van der Waals surface area contributed by atoms with Crippen molar-refractivity contribution in [2.75, 3.05) is 12.0 Å². The van der Waals surface area contributed by atoms with Crippen molar-refractivity contribution in [1.82, 2.24) is 10.4 Å². The molecule has 0 fully saturated rings. The molecule has 0 radical (unpaired) electrons. The fourth-order valence-electron chi connectivity index (χ4n) is 1.68. The molecule has 0 aliphatic carbocycles. The van der Waals surface area contributed by atoms with E-state index in [1.165, 1.54) is 12.1 Å². The fraction of sp³-hybridized carbons (Fsp3) is 0.0667. The van der Waals surface area contributed by atoms with Gasteiger partial charge in [0.05, 0.1) is 5.56 Å². The molecule has 0 unspecified atom stereocenters. The Labute approximate surface area is 137 Å². The molecule has 0 bridgehead atoms. The van der Waals surface area contributed by atoms with Gasteiger partial charge < -0.3 is 16.2 Å². The van der Waals surface area contributed by atoms with E-state index in [9.17, 15) is 9.59 Å². The predicted octanol–water partition coefficient (Wildman–Crippen LogP) is 0.0173. The molecule has 24 heavy (non-hydrogen) atoms. The lowest BCUT2D eigenvalue weighted by atomic mass is 10.2. The number of esters is 1. The van der Waals surface area contributed by atoms with E-state index in [0.717, 1.165) is 0 Å². The summed E-state index contributed by atoms with van der Waals surface area (Å²) in [6.45, 7) is -0.343. The lowest BCUT2D eigenvalue weighted by Crippen LogP contribution is -2.30. The van der Waals surface area contributed by atoms with Crippen LogP contribution in [0.3, 0.4) is 0 Å². The molecule has 1 aromatic carbocycles. The molecule has 124 valence electrons. The van der Waals surface area contributed by atoms with Crippen molar-refractivity contribution >= 4 is 23.7 Å². The second-order valence-electron chi connectivity index (χ2n) is 4.51. The van der Waals surface area contributed by atoms with E-state index >= 15 is 0 Å². The molecule has 1 aromatic heterocycles. The topological polar surface area (TPSA) is 145 Å². The van der Waals surface area contributed by atoms with E-state index in [0.29, 0.717) is 5.82 Å². The number of benzene rings is 1. The third kappa shape index (κ3) is 4.98. The summed E-state index contributed by atoms with van der Waals surface area (Å²) in [5.41, 5.74) is 15.6. The van der Waals surface area contributed by atoms with Gasteiger partial charge in [-0.25, -0.2) is 14.8 Å². The number of pyridine rings is 1. The lowest BCUT2D eigenvalue weighted by molar-refractivity contribution is -0.132. The summed E-state index contributed by atoms with van der Waals surface area (Å²) >= 11 is 0. The molecule has 0 atom stereocenters. The predicted molar refractivity (Wildman–Crippen MR) is 88.1 cm³/mol. The van der Waals surface area contributed by atoms with Crippen LogP contribution in [0.15, 0.2) is 53.7 Å². The Balaban J connectivity index is 2.03. The van der Waals surface area contributed by atoms with Crippen LogP contribution in [0.4, 0.5) is 5.82 Å². The highest BCUT2D eigenvalue weighted by molar-refractivity contribution is 5.98. The molecular formula is C15H16N6O3. The Morgan fingerprint density at radius 3 is 2.58 bits per heavy atom. The Morgan fingerprint density at radius 2 is 1.88 bits per heavy atom. The van der Waals surface area contributed by atoms with Gasteiger partial charge in [-0.2, -0.15) is 0 Å². The van der Waals surface area contributed by atoms with Gasteiger partial charge in [0.1, 0.15) is 18.1 Å². The number of nitrogens with zero attached hydrogens (tertiary/aromatic N) is 2. The van der Waals surface area contributed by atoms with Crippen molar-refractivity contribution in [3.63, 3.8) is 0 Å². The van der Waals surface area contributed by atoms with Crippen molar-refractivity contribution in [2.45, 2.75) is 0 Å². The number of carbonyl (C=O) groups excluding carboxylic acids is 2. The smallest absolute Gasteiger partial charge is 0.333 e. The maximum atomic E-state index is 12.2. The number of aromatic nitrogens is 1. The van der Waals surface area contributed by atoms with Crippen LogP contribution in [0, 0.1) is 0 Å². The van der Waals surface area contributed by atoms with Crippen LogP contribution in [-0.4, -0.2) is 29.4 Å². The van der Waals surface area contributed by atoms with Crippen molar-refractivity contribution in [3.05, 3.63) is 54.2 Å². The van der Waals surface area contributed by atoms with Crippen molar-refractivity contribution in [1.29, 1.82) is 0 Å². The van der Waals surface area contributed by atoms with E-state index in [-0.39, 0.29) is 23.8 Å². The Kier molecular flexibility index (Phi) is 5.67.